The third-order valence-corrected chi connectivity index (χ3v) is 3.27. The van der Waals surface area contributed by atoms with Crippen LogP contribution < -0.4 is 10.6 Å². The van der Waals surface area contributed by atoms with E-state index >= 15 is 0 Å². The van der Waals surface area contributed by atoms with Crippen molar-refractivity contribution in [3.8, 4) is 6.07 Å². The van der Waals surface area contributed by atoms with Crippen molar-refractivity contribution in [2.75, 3.05) is 5.32 Å². The minimum absolute atomic E-state index is 0.168. The molecule has 2 aromatic rings. The minimum Gasteiger partial charge on any atom is -0.349 e. The number of nitrogens with one attached hydrogen (secondary N) is 2. The number of nitrogens with zero attached hydrogens (tertiary/aromatic N) is 1. The van der Waals surface area contributed by atoms with Crippen LogP contribution in [0.4, 0.5) is 5.69 Å². The van der Waals surface area contributed by atoms with Crippen LogP contribution in [0, 0.1) is 11.3 Å². The van der Waals surface area contributed by atoms with Crippen molar-refractivity contribution in [2.45, 2.75) is 19.4 Å². The van der Waals surface area contributed by atoms with Gasteiger partial charge in [-0.15, -0.1) is 0 Å². The summed E-state index contributed by atoms with van der Waals surface area (Å²) in [6, 6.07) is 17.9. The van der Waals surface area contributed by atoms with Gasteiger partial charge in [-0.2, -0.15) is 5.26 Å². The number of carbonyl (C=O) groups excluding carboxylic acids is 2. The zero-order chi connectivity index (χ0) is 16.7. The molecule has 2 amide bonds. The van der Waals surface area contributed by atoms with Gasteiger partial charge in [-0.3, -0.25) is 9.59 Å². The second-order valence-corrected chi connectivity index (χ2v) is 5.12. The lowest BCUT2D eigenvalue weighted by Gasteiger charge is -2.14. The maximum atomic E-state index is 11.9. The molecule has 2 aromatic carbocycles. The first-order valence-corrected chi connectivity index (χ1v) is 7.23. The largest absolute Gasteiger partial charge is 0.349 e. The van der Waals surface area contributed by atoms with Gasteiger partial charge in [-0.1, -0.05) is 36.4 Å². The third kappa shape index (κ3) is 4.97. The van der Waals surface area contributed by atoms with Crippen LogP contribution in [-0.4, -0.2) is 11.8 Å². The highest BCUT2D eigenvalue weighted by atomic mass is 16.2. The molecular weight excluding hydrogens is 290 g/mol. The van der Waals surface area contributed by atoms with Crippen molar-refractivity contribution < 1.29 is 9.59 Å². The van der Waals surface area contributed by atoms with Gasteiger partial charge >= 0.3 is 0 Å². The summed E-state index contributed by atoms with van der Waals surface area (Å²) in [6.07, 6.45) is -0.270. The van der Waals surface area contributed by atoms with Gasteiger partial charge in [-0.25, -0.2) is 0 Å². The maximum Gasteiger partial charge on any atom is 0.233 e. The average molecular weight is 307 g/mol. The molecule has 5 heteroatoms. The Morgan fingerprint density at radius 1 is 1.09 bits per heavy atom. The Balaban J connectivity index is 1.87. The van der Waals surface area contributed by atoms with Crippen molar-refractivity contribution in [3.63, 3.8) is 0 Å². The molecule has 2 N–H and O–H groups in total. The molecule has 2 rings (SSSR count). The Morgan fingerprint density at radius 3 is 2.52 bits per heavy atom. The molecule has 0 aliphatic carbocycles. The Bertz CT molecular complexity index is 735. The predicted octanol–water partition coefficient (Wildman–Crippen LogP) is 2.76. The molecule has 0 saturated heterocycles. The van der Waals surface area contributed by atoms with Crippen LogP contribution in [0.5, 0.6) is 0 Å². The molecule has 0 fully saturated rings. The lowest BCUT2D eigenvalue weighted by atomic mass is 10.1. The number of hydrogen-bond donors (Lipinski definition) is 2. The lowest BCUT2D eigenvalue weighted by molar-refractivity contribution is -0.127. The summed E-state index contributed by atoms with van der Waals surface area (Å²) in [5.74, 6) is -0.770. The second kappa shape index (κ2) is 7.76. The van der Waals surface area contributed by atoms with E-state index in [0.717, 1.165) is 5.56 Å². The Kier molecular flexibility index (Phi) is 5.48. The van der Waals surface area contributed by atoms with Gasteiger partial charge in [0.2, 0.25) is 11.8 Å². The van der Waals surface area contributed by atoms with Crippen molar-refractivity contribution in [2.24, 2.45) is 0 Å². The van der Waals surface area contributed by atoms with Gasteiger partial charge in [0.25, 0.3) is 0 Å². The monoisotopic (exact) mass is 307 g/mol. The number of anilines is 1. The van der Waals surface area contributed by atoms with Gasteiger partial charge in [0, 0.05) is 5.69 Å². The van der Waals surface area contributed by atoms with Crippen LogP contribution in [-0.2, 0) is 9.59 Å². The molecule has 0 bridgehead atoms. The number of amides is 2. The number of nitriles is 1. The van der Waals surface area contributed by atoms with E-state index in [0.29, 0.717) is 11.3 Å². The number of rotatable bonds is 5. The number of benzene rings is 2. The smallest absolute Gasteiger partial charge is 0.233 e. The molecule has 5 nitrogen and oxygen atoms in total. The molecule has 116 valence electrons. The molecule has 0 heterocycles. The molecule has 0 aliphatic rings. The first-order chi connectivity index (χ1) is 11.1. The van der Waals surface area contributed by atoms with Crippen molar-refractivity contribution in [3.05, 3.63) is 65.7 Å². The fraction of sp³-hybridized carbons (Fsp3) is 0.167. The molecule has 0 saturated carbocycles. The van der Waals surface area contributed by atoms with Crippen LogP contribution in [0.1, 0.15) is 30.5 Å². The van der Waals surface area contributed by atoms with Gasteiger partial charge in [0.15, 0.2) is 0 Å². The fourth-order valence-corrected chi connectivity index (χ4v) is 2.14. The van der Waals surface area contributed by atoms with Crippen molar-refractivity contribution in [1.29, 1.82) is 5.26 Å². The summed E-state index contributed by atoms with van der Waals surface area (Å²) in [4.78, 5) is 23.8. The summed E-state index contributed by atoms with van der Waals surface area (Å²) < 4.78 is 0. The highest BCUT2D eigenvalue weighted by molar-refractivity contribution is 6.03. The molecule has 0 radical (unpaired) electrons. The second-order valence-electron chi connectivity index (χ2n) is 5.12. The van der Waals surface area contributed by atoms with Crippen LogP contribution in [0.2, 0.25) is 0 Å². The molecule has 1 atom stereocenters. The van der Waals surface area contributed by atoms with Crippen LogP contribution in [0.15, 0.2) is 54.6 Å². The van der Waals surface area contributed by atoms with Crippen LogP contribution >= 0.6 is 0 Å². The molecular formula is C18H17N3O2. The van der Waals surface area contributed by atoms with Gasteiger partial charge in [0.05, 0.1) is 17.7 Å². The lowest BCUT2D eigenvalue weighted by Crippen LogP contribution is -2.30. The SMILES string of the molecule is CC(NC(=O)CC(=O)Nc1cccc(C#N)c1)c1ccccc1. The summed E-state index contributed by atoms with van der Waals surface area (Å²) in [5.41, 5.74) is 1.92. The Hall–Kier alpha value is -3.13. The van der Waals surface area contributed by atoms with Crippen molar-refractivity contribution in [1.82, 2.24) is 5.32 Å². The number of hydrogen-bond acceptors (Lipinski definition) is 3. The minimum atomic E-state index is -0.419. The molecule has 0 spiro atoms. The van der Waals surface area contributed by atoms with Gasteiger partial charge < -0.3 is 10.6 Å². The van der Waals surface area contributed by atoms with Crippen LogP contribution in [0.25, 0.3) is 0 Å². The van der Waals surface area contributed by atoms with Crippen LogP contribution in [0.3, 0.4) is 0 Å². The molecule has 1 unspecified atom stereocenters. The fourth-order valence-electron chi connectivity index (χ4n) is 2.14. The summed E-state index contributed by atoms with van der Waals surface area (Å²) in [7, 11) is 0. The molecule has 0 aromatic heterocycles. The van der Waals surface area contributed by atoms with E-state index in [9.17, 15) is 9.59 Å². The first-order valence-electron chi connectivity index (χ1n) is 7.23. The normalized spacial score (nSPS) is 11.1. The van der Waals surface area contributed by atoms with E-state index in [1.165, 1.54) is 0 Å². The quantitative estimate of drug-likeness (QED) is 0.833. The van der Waals surface area contributed by atoms with E-state index in [1.54, 1.807) is 24.3 Å². The highest BCUT2D eigenvalue weighted by Gasteiger charge is 2.13. The zero-order valence-corrected chi connectivity index (χ0v) is 12.7. The first kappa shape index (κ1) is 16.2. The van der Waals surface area contributed by atoms with E-state index in [1.807, 2.05) is 43.3 Å². The summed E-state index contributed by atoms with van der Waals surface area (Å²) in [5, 5.41) is 14.2. The standard InChI is InChI=1S/C18H17N3O2/c1-13(15-7-3-2-4-8-15)20-17(22)11-18(23)21-16-9-5-6-14(10-16)12-19/h2-10,13H,11H2,1H3,(H,20,22)(H,21,23). The highest BCUT2D eigenvalue weighted by Crippen LogP contribution is 2.12. The maximum absolute atomic E-state index is 11.9. The summed E-state index contributed by atoms with van der Waals surface area (Å²) in [6.45, 7) is 1.86. The van der Waals surface area contributed by atoms with E-state index in [2.05, 4.69) is 10.6 Å². The zero-order valence-electron chi connectivity index (χ0n) is 12.7. The average Bonchev–Trinajstić information content (AvgIpc) is 2.55. The van der Waals surface area contributed by atoms with E-state index in [4.69, 9.17) is 5.26 Å². The van der Waals surface area contributed by atoms with E-state index in [-0.39, 0.29) is 18.4 Å². The Labute approximate surface area is 134 Å². The number of carbonyl (C=O) groups is 2. The van der Waals surface area contributed by atoms with Crippen molar-refractivity contribution >= 4 is 17.5 Å². The predicted molar refractivity (Wildman–Crippen MR) is 87.4 cm³/mol. The molecule has 23 heavy (non-hydrogen) atoms. The summed E-state index contributed by atoms with van der Waals surface area (Å²) >= 11 is 0. The topological polar surface area (TPSA) is 82.0 Å². The molecule has 0 aliphatic heterocycles. The van der Waals surface area contributed by atoms with E-state index < -0.39 is 5.91 Å². The Morgan fingerprint density at radius 2 is 1.83 bits per heavy atom. The van der Waals surface area contributed by atoms with Gasteiger partial charge in [0.1, 0.15) is 6.42 Å². The van der Waals surface area contributed by atoms with Gasteiger partial charge in [-0.05, 0) is 30.7 Å². The third-order valence-electron chi connectivity index (χ3n) is 3.27.